The smallest absolute Gasteiger partial charge is 0.00154 e. The Kier molecular flexibility index (Phi) is 10.0. The lowest BCUT2D eigenvalue weighted by atomic mass is 9.37. The molecule has 0 N–H and O–H groups in total. The predicted molar refractivity (Wildman–Crippen MR) is 270 cm³/mol. The van der Waals surface area contributed by atoms with E-state index in [4.69, 9.17) is 0 Å². The fourth-order valence-electron chi connectivity index (χ4n) is 23.6. The van der Waals surface area contributed by atoms with E-state index in [1.165, 1.54) is 19.3 Å². The third kappa shape index (κ3) is 6.05. The minimum atomic E-state index is 0.443. The van der Waals surface area contributed by atoms with Crippen molar-refractivity contribution < 1.29 is 0 Å². The first-order valence-electron chi connectivity index (χ1n) is 29.0. The highest BCUT2D eigenvalue weighted by molar-refractivity contribution is 5.43. The lowest BCUT2D eigenvalue weighted by Gasteiger charge is -2.67. The molecule has 4 aromatic carbocycles. The Morgan fingerprint density at radius 1 is 0.212 bits per heavy atom. The van der Waals surface area contributed by atoms with Crippen LogP contribution in [0.5, 0.6) is 0 Å². The zero-order valence-corrected chi connectivity index (χ0v) is 40.1. The molecular weight excluding hydrogens is 793 g/mol. The van der Waals surface area contributed by atoms with Crippen molar-refractivity contribution in [2.45, 2.75) is 139 Å². The molecule has 0 heteroatoms. The highest BCUT2D eigenvalue weighted by atomic mass is 14.7. The lowest BCUT2D eigenvalue weighted by molar-refractivity contribution is -0.192. The maximum absolute atomic E-state index is 2.61. The average Bonchev–Trinajstić information content (AvgIpc) is 3.96. The highest BCUT2D eigenvalue weighted by Gasteiger charge is 2.70. The molecule has 66 heavy (non-hydrogen) atoms. The van der Waals surface area contributed by atoms with Crippen LogP contribution in [0.25, 0.3) is 0 Å². The molecule has 0 amide bonds. The largest absolute Gasteiger partial charge is 0.0622 e. The van der Waals surface area contributed by atoms with Crippen LogP contribution in [0.2, 0.25) is 0 Å². The van der Waals surface area contributed by atoms with Gasteiger partial charge in [0.25, 0.3) is 0 Å². The second kappa shape index (κ2) is 16.2. The molecule has 24 unspecified atom stereocenters. The van der Waals surface area contributed by atoms with Crippen LogP contribution in [-0.2, 0) is 0 Å². The van der Waals surface area contributed by atoms with Gasteiger partial charge in [-0.25, -0.2) is 0 Å². The van der Waals surface area contributed by atoms with E-state index < -0.39 is 0 Å². The molecule has 0 bridgehead atoms. The first-order valence-corrected chi connectivity index (χ1v) is 29.0. The molecule has 24 atom stereocenters. The van der Waals surface area contributed by atoms with Gasteiger partial charge in [0.15, 0.2) is 0 Å². The summed E-state index contributed by atoms with van der Waals surface area (Å²) in [6.45, 7) is 0. The van der Waals surface area contributed by atoms with Crippen molar-refractivity contribution in [3.05, 3.63) is 144 Å². The van der Waals surface area contributed by atoms with Crippen molar-refractivity contribution in [2.24, 2.45) is 118 Å². The van der Waals surface area contributed by atoms with Crippen molar-refractivity contribution in [1.82, 2.24) is 0 Å². The first-order chi connectivity index (χ1) is 32.8. The molecule has 344 valence electrons. The number of fused-ring (bicyclic) bond motifs is 14. The van der Waals surface area contributed by atoms with Crippen molar-refractivity contribution in [3.63, 3.8) is 0 Å². The van der Waals surface area contributed by atoms with Crippen molar-refractivity contribution in [1.29, 1.82) is 0 Å². The van der Waals surface area contributed by atoms with Gasteiger partial charge in [0.05, 0.1) is 0 Å². The summed E-state index contributed by atoms with van der Waals surface area (Å²) in [7, 11) is 0. The second-order valence-electron chi connectivity index (χ2n) is 26.1. The van der Waals surface area contributed by atoms with Gasteiger partial charge >= 0.3 is 0 Å². The Labute approximate surface area is 399 Å². The van der Waals surface area contributed by atoms with Crippen LogP contribution in [0.1, 0.15) is 162 Å². The lowest BCUT2D eigenvalue weighted by Crippen LogP contribution is -2.62. The minimum absolute atomic E-state index is 0.443. The monoisotopic (exact) mass is 873 g/mol. The third-order valence-corrected chi connectivity index (χ3v) is 24.7. The van der Waals surface area contributed by atoms with Crippen LogP contribution in [0, 0.1) is 118 Å². The van der Waals surface area contributed by atoms with Gasteiger partial charge in [0.2, 0.25) is 0 Å². The van der Waals surface area contributed by atoms with E-state index in [1.807, 2.05) is 0 Å². The molecule has 11 fully saturated rings. The van der Waals surface area contributed by atoms with Crippen molar-refractivity contribution in [3.8, 4) is 0 Å². The van der Waals surface area contributed by atoms with Crippen LogP contribution < -0.4 is 0 Å². The molecule has 11 aliphatic carbocycles. The summed E-state index contributed by atoms with van der Waals surface area (Å²) >= 11 is 0. The third-order valence-electron chi connectivity index (χ3n) is 24.7. The molecule has 0 radical (unpaired) electrons. The number of hydrogen-bond donors (Lipinski definition) is 0. The SMILES string of the molecule is c1ccc(C2C3CCC4CC5C(CC6C7CC8CCC9CCCCC9C8C7CC7C8CCCC9CCCC(C98)C5C67)C4C3C(c3ccccc3)C(c3ccccc3)C2c2ccccc2)cc1. The molecule has 15 rings (SSSR count). The van der Waals surface area contributed by atoms with Gasteiger partial charge in [0.1, 0.15) is 0 Å². The summed E-state index contributed by atoms with van der Waals surface area (Å²) in [6.07, 6.45) is 28.4. The molecule has 0 nitrogen and oxygen atoms in total. The summed E-state index contributed by atoms with van der Waals surface area (Å²) < 4.78 is 0. The first kappa shape index (κ1) is 40.7. The van der Waals surface area contributed by atoms with Gasteiger partial charge < -0.3 is 0 Å². The van der Waals surface area contributed by atoms with E-state index in [9.17, 15) is 0 Å². The predicted octanol–water partition coefficient (Wildman–Crippen LogP) is 16.6. The Morgan fingerprint density at radius 3 is 1.32 bits per heavy atom. The van der Waals surface area contributed by atoms with Crippen LogP contribution >= 0.6 is 0 Å². The second-order valence-corrected chi connectivity index (χ2v) is 26.1. The molecular formula is C66H80. The van der Waals surface area contributed by atoms with Gasteiger partial charge in [0, 0.05) is 0 Å². The average molecular weight is 873 g/mol. The van der Waals surface area contributed by atoms with Gasteiger partial charge in [-0.15, -0.1) is 0 Å². The van der Waals surface area contributed by atoms with Crippen LogP contribution in [0.4, 0.5) is 0 Å². The summed E-state index contributed by atoms with van der Waals surface area (Å²) in [4.78, 5) is 0. The van der Waals surface area contributed by atoms with Crippen LogP contribution in [0.15, 0.2) is 121 Å². The maximum atomic E-state index is 2.61. The molecule has 0 heterocycles. The topological polar surface area (TPSA) is 0 Å². The Morgan fingerprint density at radius 2 is 0.636 bits per heavy atom. The Balaban J connectivity index is 0.900. The zero-order valence-electron chi connectivity index (χ0n) is 40.1. The number of hydrogen-bond acceptors (Lipinski definition) is 0. The van der Waals surface area contributed by atoms with Gasteiger partial charge in [-0.05, 0) is 235 Å². The van der Waals surface area contributed by atoms with E-state index in [1.54, 1.807) is 119 Å². The number of rotatable bonds is 4. The van der Waals surface area contributed by atoms with E-state index in [2.05, 4.69) is 121 Å². The van der Waals surface area contributed by atoms with Crippen molar-refractivity contribution >= 4 is 0 Å². The Bertz CT molecular complexity index is 2310. The van der Waals surface area contributed by atoms with Gasteiger partial charge in [-0.3, -0.25) is 0 Å². The van der Waals surface area contributed by atoms with Gasteiger partial charge in [-0.2, -0.15) is 0 Å². The highest BCUT2D eigenvalue weighted by Crippen LogP contribution is 2.77. The molecule has 0 spiro atoms. The van der Waals surface area contributed by atoms with Crippen LogP contribution in [-0.4, -0.2) is 0 Å². The molecule has 4 aromatic rings. The molecule has 0 aliphatic heterocycles. The number of benzene rings is 4. The quantitative estimate of drug-likeness (QED) is 0.192. The normalized spacial score (nSPS) is 49.3. The van der Waals surface area contributed by atoms with E-state index in [0.717, 1.165) is 112 Å². The van der Waals surface area contributed by atoms with Crippen LogP contribution in [0.3, 0.4) is 0 Å². The van der Waals surface area contributed by atoms with E-state index in [0.29, 0.717) is 29.6 Å². The minimum Gasteiger partial charge on any atom is -0.0622 e. The summed E-state index contributed by atoms with van der Waals surface area (Å²) in [5.41, 5.74) is 6.45. The van der Waals surface area contributed by atoms with E-state index in [-0.39, 0.29) is 0 Å². The van der Waals surface area contributed by atoms with E-state index >= 15 is 0 Å². The molecule has 0 aromatic heterocycles. The zero-order chi connectivity index (χ0) is 43.0. The standard InChI is InChI=1S/C66H80/c1-5-18-41(19-6-1)59-50-34-33-46-36-52-56(60(46)66(50)63(44-24-11-4-12-25-44)62(43-22-9-3-10-23-43)61(59)42-20-7-2-8-21-42)38-55-51-35-45-32-31-39-17-13-14-28-47(39)58(45)54(51)37-53-48-29-15-26-40-27-16-30-49(57(40)48)64(52)65(53)55/h1-12,18-25,39-40,45-66H,13-17,26-38H2. The fraction of sp³-hybridized carbons (Fsp3) is 0.636. The summed E-state index contributed by atoms with van der Waals surface area (Å²) in [5, 5.41) is 0. The van der Waals surface area contributed by atoms with Gasteiger partial charge in [-0.1, -0.05) is 166 Å². The molecule has 0 saturated heterocycles. The summed E-state index contributed by atoms with van der Waals surface area (Å²) in [5.74, 6) is 22.1. The molecule has 11 aliphatic rings. The van der Waals surface area contributed by atoms with Crippen molar-refractivity contribution in [2.75, 3.05) is 0 Å². The summed E-state index contributed by atoms with van der Waals surface area (Å²) in [6, 6.07) is 48.7. The Hall–Kier alpha value is -3.12. The molecule has 11 saturated carbocycles. The maximum Gasteiger partial charge on any atom is -0.00154 e. The fourth-order valence-corrected chi connectivity index (χ4v) is 23.6.